The number of likely N-dealkylation sites (tertiary alicyclic amines) is 1. The van der Waals surface area contributed by atoms with Gasteiger partial charge < -0.3 is 4.90 Å². The number of carbonyl (C=O) groups is 1. The van der Waals surface area contributed by atoms with Crippen LogP contribution in [0.5, 0.6) is 0 Å². The van der Waals surface area contributed by atoms with Crippen molar-refractivity contribution in [2.75, 3.05) is 13.1 Å². The maximum absolute atomic E-state index is 12.6. The molecule has 2 rings (SSSR count). The largest absolute Gasteiger partial charge is 0.342 e. The van der Waals surface area contributed by atoms with Crippen LogP contribution in [0.2, 0.25) is 0 Å². The highest BCUT2D eigenvalue weighted by atomic mass is 32.2. The van der Waals surface area contributed by atoms with Gasteiger partial charge in [-0.1, -0.05) is 30.3 Å². The van der Waals surface area contributed by atoms with Gasteiger partial charge in [0.15, 0.2) is 9.84 Å². The van der Waals surface area contributed by atoms with Gasteiger partial charge in [0, 0.05) is 13.1 Å². The lowest BCUT2D eigenvalue weighted by atomic mass is 9.92. The quantitative estimate of drug-likeness (QED) is 0.849. The first-order valence-corrected chi connectivity index (χ1v) is 10.0. The second kappa shape index (κ2) is 7.47. The Morgan fingerprint density at radius 1 is 1.09 bits per heavy atom. The summed E-state index contributed by atoms with van der Waals surface area (Å²) in [6.07, 6.45) is 2.85. The monoisotopic (exact) mass is 337 g/mol. The van der Waals surface area contributed by atoms with Crippen molar-refractivity contribution in [2.24, 2.45) is 0 Å². The fraction of sp³-hybridized carbons (Fsp3) is 0.611. The van der Waals surface area contributed by atoms with Crippen LogP contribution in [0, 0.1) is 0 Å². The average molecular weight is 337 g/mol. The molecule has 1 saturated heterocycles. The fourth-order valence-electron chi connectivity index (χ4n) is 3.18. The van der Waals surface area contributed by atoms with E-state index in [0.29, 0.717) is 19.0 Å². The molecule has 4 nitrogen and oxygen atoms in total. The van der Waals surface area contributed by atoms with Crippen molar-refractivity contribution in [2.45, 2.75) is 56.5 Å². The number of benzene rings is 1. The molecule has 2 atom stereocenters. The summed E-state index contributed by atoms with van der Waals surface area (Å²) in [5.41, 5.74) is 1.31. The second-order valence-corrected chi connectivity index (χ2v) is 9.47. The molecule has 0 aliphatic carbocycles. The predicted octanol–water partition coefficient (Wildman–Crippen LogP) is 2.99. The highest BCUT2D eigenvalue weighted by Crippen LogP contribution is 2.28. The minimum atomic E-state index is -3.39. The van der Waals surface area contributed by atoms with Crippen molar-refractivity contribution >= 4 is 15.7 Å². The van der Waals surface area contributed by atoms with Crippen LogP contribution in [0.4, 0.5) is 0 Å². The van der Waals surface area contributed by atoms with Crippen LogP contribution in [0.15, 0.2) is 30.3 Å². The van der Waals surface area contributed by atoms with Crippen LogP contribution in [0.1, 0.15) is 51.5 Å². The van der Waals surface area contributed by atoms with Crippen molar-refractivity contribution in [1.82, 2.24) is 4.90 Å². The molecule has 1 aliphatic rings. The molecule has 0 spiro atoms. The molecule has 0 radical (unpaired) electrons. The van der Waals surface area contributed by atoms with Crippen LogP contribution < -0.4 is 0 Å². The van der Waals surface area contributed by atoms with Gasteiger partial charge in [-0.15, -0.1) is 0 Å². The third-order valence-electron chi connectivity index (χ3n) is 4.81. The van der Waals surface area contributed by atoms with Gasteiger partial charge >= 0.3 is 0 Å². The molecular weight excluding hydrogens is 310 g/mol. The van der Waals surface area contributed by atoms with Gasteiger partial charge in [0.1, 0.15) is 5.25 Å². The Kier molecular flexibility index (Phi) is 5.84. The van der Waals surface area contributed by atoms with Crippen molar-refractivity contribution in [3.63, 3.8) is 0 Å². The van der Waals surface area contributed by atoms with E-state index in [1.54, 1.807) is 18.7 Å². The topological polar surface area (TPSA) is 54.5 Å². The molecular formula is C18H27NO3S. The van der Waals surface area contributed by atoms with Crippen molar-refractivity contribution in [3.8, 4) is 0 Å². The molecule has 1 amide bonds. The smallest absolute Gasteiger partial charge is 0.240 e. The third kappa shape index (κ3) is 4.14. The fourth-order valence-corrected chi connectivity index (χ4v) is 4.43. The van der Waals surface area contributed by atoms with E-state index >= 15 is 0 Å². The molecule has 5 heteroatoms. The zero-order valence-corrected chi connectivity index (χ0v) is 15.1. The van der Waals surface area contributed by atoms with Gasteiger partial charge in [-0.25, -0.2) is 8.42 Å². The summed E-state index contributed by atoms with van der Waals surface area (Å²) in [5, 5.41) is -1.47. The lowest BCUT2D eigenvalue weighted by molar-refractivity contribution is -0.130. The molecule has 1 heterocycles. The van der Waals surface area contributed by atoms with Crippen LogP contribution in [-0.4, -0.2) is 42.8 Å². The molecule has 2 unspecified atom stereocenters. The number of hydrogen-bond acceptors (Lipinski definition) is 3. The SMILES string of the molecule is CC(C)S(=O)(=O)C(C)C(=O)N1CCCC(c2ccccc2)CC1. The highest BCUT2D eigenvalue weighted by Gasteiger charge is 2.34. The Labute approximate surface area is 139 Å². The second-order valence-electron chi connectivity index (χ2n) is 6.64. The summed E-state index contributed by atoms with van der Waals surface area (Å²) < 4.78 is 24.5. The lowest BCUT2D eigenvalue weighted by Crippen LogP contribution is -2.44. The van der Waals surface area contributed by atoms with Crippen molar-refractivity contribution < 1.29 is 13.2 Å². The lowest BCUT2D eigenvalue weighted by Gasteiger charge is -2.25. The van der Waals surface area contributed by atoms with Crippen LogP contribution in [0.3, 0.4) is 0 Å². The summed E-state index contributed by atoms with van der Waals surface area (Å²) in [6, 6.07) is 10.4. The Hall–Kier alpha value is -1.36. The van der Waals surface area contributed by atoms with E-state index in [4.69, 9.17) is 0 Å². The zero-order valence-electron chi connectivity index (χ0n) is 14.2. The van der Waals surface area contributed by atoms with Crippen molar-refractivity contribution in [3.05, 3.63) is 35.9 Å². The average Bonchev–Trinajstić information content (AvgIpc) is 2.80. The number of hydrogen-bond donors (Lipinski definition) is 0. The standard InChI is InChI=1S/C18H27NO3S/c1-14(2)23(21,22)15(3)18(20)19-12-7-10-17(11-13-19)16-8-5-4-6-9-16/h4-6,8-9,14-15,17H,7,10-13H2,1-3H3. The first kappa shape index (κ1) is 18.0. The summed E-state index contributed by atoms with van der Waals surface area (Å²) in [5.74, 6) is 0.207. The third-order valence-corrected chi connectivity index (χ3v) is 7.31. The van der Waals surface area contributed by atoms with Gasteiger partial charge in [-0.05, 0) is 51.5 Å². The van der Waals surface area contributed by atoms with E-state index in [0.717, 1.165) is 19.3 Å². The number of nitrogens with zero attached hydrogens (tertiary/aromatic N) is 1. The Balaban J connectivity index is 2.04. The van der Waals surface area contributed by atoms with E-state index in [1.165, 1.54) is 12.5 Å². The van der Waals surface area contributed by atoms with Crippen LogP contribution in [0.25, 0.3) is 0 Å². The van der Waals surface area contributed by atoms with Gasteiger partial charge in [0.25, 0.3) is 0 Å². The molecule has 0 bridgehead atoms. The zero-order chi connectivity index (χ0) is 17.0. The molecule has 1 aromatic carbocycles. The van der Waals surface area contributed by atoms with E-state index in [2.05, 4.69) is 12.1 Å². The van der Waals surface area contributed by atoms with Crippen molar-refractivity contribution in [1.29, 1.82) is 0 Å². The Morgan fingerprint density at radius 3 is 2.35 bits per heavy atom. The van der Waals surface area contributed by atoms with E-state index in [-0.39, 0.29) is 5.91 Å². The first-order chi connectivity index (χ1) is 10.8. The number of rotatable bonds is 4. The van der Waals surface area contributed by atoms with Gasteiger partial charge in [0.2, 0.25) is 5.91 Å². The number of amides is 1. The maximum Gasteiger partial charge on any atom is 0.240 e. The van der Waals surface area contributed by atoms with Crippen LogP contribution in [-0.2, 0) is 14.6 Å². The summed E-state index contributed by atoms with van der Waals surface area (Å²) >= 11 is 0. The summed E-state index contributed by atoms with van der Waals surface area (Å²) in [7, 11) is -3.39. The minimum absolute atomic E-state index is 0.243. The number of carbonyl (C=O) groups excluding carboxylic acids is 1. The molecule has 1 fully saturated rings. The van der Waals surface area contributed by atoms with Gasteiger partial charge in [-0.3, -0.25) is 4.79 Å². The predicted molar refractivity (Wildman–Crippen MR) is 93.1 cm³/mol. The molecule has 0 aromatic heterocycles. The molecule has 23 heavy (non-hydrogen) atoms. The molecule has 1 aromatic rings. The van der Waals surface area contributed by atoms with E-state index in [1.807, 2.05) is 18.2 Å². The Bertz CT molecular complexity index is 625. The van der Waals surface area contributed by atoms with Gasteiger partial charge in [-0.2, -0.15) is 0 Å². The van der Waals surface area contributed by atoms with Crippen LogP contribution >= 0.6 is 0 Å². The van der Waals surface area contributed by atoms with E-state index < -0.39 is 20.3 Å². The van der Waals surface area contributed by atoms with Gasteiger partial charge in [0.05, 0.1) is 5.25 Å². The Morgan fingerprint density at radius 2 is 1.74 bits per heavy atom. The molecule has 128 valence electrons. The summed E-state index contributed by atoms with van der Waals surface area (Å²) in [4.78, 5) is 14.3. The molecule has 1 aliphatic heterocycles. The summed E-state index contributed by atoms with van der Waals surface area (Å²) in [6.45, 7) is 6.08. The number of sulfone groups is 1. The maximum atomic E-state index is 12.6. The highest BCUT2D eigenvalue weighted by molar-refractivity contribution is 7.93. The first-order valence-electron chi connectivity index (χ1n) is 8.40. The minimum Gasteiger partial charge on any atom is -0.342 e. The molecule has 0 saturated carbocycles. The van der Waals surface area contributed by atoms with E-state index in [9.17, 15) is 13.2 Å². The normalized spacial score (nSPS) is 21.0. The molecule has 0 N–H and O–H groups in total.